The van der Waals surface area contributed by atoms with Gasteiger partial charge in [0.2, 0.25) is 5.91 Å². The van der Waals surface area contributed by atoms with E-state index >= 15 is 0 Å². The largest absolute Gasteiger partial charge is 0.497 e. The lowest BCUT2D eigenvalue weighted by molar-refractivity contribution is -0.122. The zero-order valence-electron chi connectivity index (χ0n) is 17.4. The Labute approximate surface area is 176 Å². The minimum Gasteiger partial charge on any atom is -0.497 e. The molecule has 1 aliphatic heterocycles. The summed E-state index contributed by atoms with van der Waals surface area (Å²) in [6.45, 7) is 5.64. The van der Waals surface area contributed by atoms with Gasteiger partial charge < -0.3 is 30.2 Å². The predicted molar refractivity (Wildman–Crippen MR) is 113 cm³/mol. The van der Waals surface area contributed by atoms with Crippen molar-refractivity contribution in [2.45, 2.75) is 30.5 Å². The van der Waals surface area contributed by atoms with Gasteiger partial charge in [-0.15, -0.1) is 11.8 Å². The number of carbonyl (C=O) groups excluding carboxylic acids is 2. The van der Waals surface area contributed by atoms with Crippen molar-refractivity contribution in [3.8, 4) is 5.75 Å². The number of ether oxygens (including phenoxy) is 3. The predicted octanol–water partition coefficient (Wildman–Crippen LogP) is 1.91. The average Bonchev–Trinajstić information content (AvgIpc) is 2.72. The highest BCUT2D eigenvalue weighted by Crippen LogP contribution is 2.26. The first-order valence-corrected chi connectivity index (χ1v) is 10.6. The third-order valence-electron chi connectivity index (χ3n) is 4.65. The minimum absolute atomic E-state index is 0.129. The lowest BCUT2D eigenvalue weighted by atomic mass is 10.1. The Morgan fingerprint density at radius 3 is 2.66 bits per heavy atom. The molecule has 29 heavy (non-hydrogen) atoms. The zero-order valence-corrected chi connectivity index (χ0v) is 18.2. The molecule has 3 N–H and O–H groups in total. The van der Waals surface area contributed by atoms with E-state index in [9.17, 15) is 9.59 Å². The van der Waals surface area contributed by atoms with Crippen molar-refractivity contribution in [3.05, 3.63) is 29.8 Å². The molecule has 4 atom stereocenters. The summed E-state index contributed by atoms with van der Waals surface area (Å²) in [5, 5.41) is 8.08. The van der Waals surface area contributed by atoms with Crippen LogP contribution in [0.2, 0.25) is 0 Å². The number of hydrogen-bond donors (Lipinski definition) is 3. The molecular weight excluding hydrogens is 394 g/mol. The molecule has 1 fully saturated rings. The van der Waals surface area contributed by atoms with E-state index in [1.807, 2.05) is 38.1 Å². The highest BCUT2D eigenvalue weighted by molar-refractivity contribution is 8.01. The van der Waals surface area contributed by atoms with Crippen LogP contribution in [-0.2, 0) is 14.3 Å². The van der Waals surface area contributed by atoms with Gasteiger partial charge in [0.05, 0.1) is 38.3 Å². The molecule has 1 aromatic rings. The summed E-state index contributed by atoms with van der Waals surface area (Å²) in [5.41, 5.74) is 0.978. The fraction of sp³-hybridized carbons (Fsp3) is 0.600. The Morgan fingerprint density at radius 1 is 1.28 bits per heavy atom. The molecule has 1 saturated heterocycles. The molecule has 0 bridgehead atoms. The molecule has 0 aliphatic carbocycles. The summed E-state index contributed by atoms with van der Waals surface area (Å²) < 4.78 is 15.8. The van der Waals surface area contributed by atoms with E-state index < -0.39 is 5.25 Å². The molecule has 162 valence electrons. The molecule has 0 aromatic heterocycles. The summed E-state index contributed by atoms with van der Waals surface area (Å²) >= 11 is 1.42. The number of hydrogen-bond acceptors (Lipinski definition) is 6. The van der Waals surface area contributed by atoms with Gasteiger partial charge in [0.15, 0.2) is 0 Å². The topological polar surface area (TPSA) is 97.9 Å². The van der Waals surface area contributed by atoms with Crippen molar-refractivity contribution >= 4 is 23.7 Å². The van der Waals surface area contributed by atoms with Crippen LogP contribution in [0.5, 0.6) is 5.75 Å². The molecule has 0 spiro atoms. The van der Waals surface area contributed by atoms with Gasteiger partial charge in [0.1, 0.15) is 11.0 Å². The molecule has 2 rings (SSSR count). The first kappa shape index (κ1) is 23.3. The molecule has 1 aliphatic rings. The van der Waals surface area contributed by atoms with Gasteiger partial charge in [-0.3, -0.25) is 4.79 Å². The number of rotatable bonds is 11. The van der Waals surface area contributed by atoms with Crippen LogP contribution in [0.1, 0.15) is 25.5 Å². The summed E-state index contributed by atoms with van der Waals surface area (Å²) in [6.07, 6.45) is 0. The third kappa shape index (κ3) is 7.41. The Bertz CT molecular complexity index is 658. The minimum atomic E-state index is -0.460. The van der Waals surface area contributed by atoms with Crippen LogP contribution in [0.3, 0.4) is 0 Å². The zero-order chi connectivity index (χ0) is 21.2. The van der Waals surface area contributed by atoms with Crippen molar-refractivity contribution in [1.82, 2.24) is 16.0 Å². The molecule has 1 aromatic carbocycles. The van der Waals surface area contributed by atoms with Crippen LogP contribution in [0.15, 0.2) is 24.3 Å². The lowest BCUT2D eigenvalue weighted by Gasteiger charge is -2.32. The van der Waals surface area contributed by atoms with Crippen molar-refractivity contribution in [3.63, 3.8) is 0 Å². The summed E-state index contributed by atoms with van der Waals surface area (Å²) in [4.78, 5) is 24.7. The maximum absolute atomic E-state index is 13.0. The first-order valence-electron chi connectivity index (χ1n) is 9.65. The Hall–Kier alpha value is -1.97. The van der Waals surface area contributed by atoms with Crippen LogP contribution in [0.4, 0.5) is 4.79 Å². The Balaban J connectivity index is 2.00. The SMILES string of the molecule is COCCOCC(SC1NC(=O)NCC1C)C(=O)N[C@H](C)c1ccc(OC)cc1. The van der Waals surface area contributed by atoms with Gasteiger partial charge in [-0.25, -0.2) is 4.79 Å². The van der Waals surface area contributed by atoms with Crippen LogP contribution < -0.4 is 20.7 Å². The molecular formula is C20H31N3O5S. The monoisotopic (exact) mass is 425 g/mol. The standard InChI is InChI=1S/C20H31N3O5S/c1-13-11-21-20(25)23-19(13)29-17(12-28-10-9-26-3)18(24)22-14(2)15-5-7-16(27-4)8-6-15/h5-8,13-14,17,19H,9-12H2,1-4H3,(H,22,24)(H2,21,23,25)/t13?,14-,17?,19?/m1/s1. The molecule has 3 amide bonds. The van der Waals surface area contributed by atoms with Crippen molar-refractivity contribution in [1.29, 1.82) is 0 Å². The Morgan fingerprint density at radius 2 is 2.00 bits per heavy atom. The second-order valence-corrected chi connectivity index (χ2v) is 8.30. The molecule has 3 unspecified atom stereocenters. The molecule has 8 nitrogen and oxygen atoms in total. The number of urea groups is 1. The van der Waals surface area contributed by atoms with Crippen LogP contribution in [-0.4, -0.2) is 63.1 Å². The summed E-state index contributed by atoms with van der Waals surface area (Å²) in [6, 6.07) is 7.20. The van der Waals surface area contributed by atoms with Gasteiger partial charge in [-0.05, 0) is 24.6 Å². The van der Waals surface area contributed by atoms with E-state index in [1.54, 1.807) is 14.2 Å². The van der Waals surface area contributed by atoms with Gasteiger partial charge in [-0.1, -0.05) is 19.1 Å². The van der Waals surface area contributed by atoms with Gasteiger partial charge >= 0.3 is 6.03 Å². The maximum atomic E-state index is 13.0. The Kier molecular flexibility index (Phi) is 9.56. The molecule has 0 radical (unpaired) electrons. The smallest absolute Gasteiger partial charge is 0.315 e. The average molecular weight is 426 g/mol. The van der Waals surface area contributed by atoms with Crippen LogP contribution >= 0.6 is 11.8 Å². The maximum Gasteiger partial charge on any atom is 0.315 e. The van der Waals surface area contributed by atoms with Gasteiger partial charge in [0.25, 0.3) is 0 Å². The van der Waals surface area contributed by atoms with Crippen LogP contribution in [0.25, 0.3) is 0 Å². The van der Waals surface area contributed by atoms with E-state index in [-0.39, 0.29) is 35.9 Å². The van der Waals surface area contributed by atoms with E-state index in [0.717, 1.165) is 11.3 Å². The quantitative estimate of drug-likeness (QED) is 0.469. The first-order chi connectivity index (χ1) is 13.9. The number of carbonyl (C=O) groups is 2. The van der Waals surface area contributed by atoms with Crippen molar-refractivity contribution in [2.75, 3.05) is 40.6 Å². The van der Waals surface area contributed by atoms with E-state index in [1.165, 1.54) is 11.8 Å². The second kappa shape index (κ2) is 11.9. The normalized spacial score (nSPS) is 20.9. The van der Waals surface area contributed by atoms with Gasteiger partial charge in [0, 0.05) is 19.6 Å². The number of benzene rings is 1. The van der Waals surface area contributed by atoms with Crippen molar-refractivity contribution in [2.24, 2.45) is 5.92 Å². The number of thioether (sulfide) groups is 1. The molecule has 0 saturated carbocycles. The fourth-order valence-corrected chi connectivity index (χ4v) is 4.08. The van der Waals surface area contributed by atoms with E-state index in [2.05, 4.69) is 16.0 Å². The summed E-state index contributed by atoms with van der Waals surface area (Å²) in [5.74, 6) is 0.824. The number of nitrogens with one attached hydrogen (secondary N) is 3. The fourth-order valence-electron chi connectivity index (χ4n) is 2.82. The van der Waals surface area contributed by atoms with Crippen molar-refractivity contribution < 1.29 is 23.8 Å². The summed E-state index contributed by atoms with van der Waals surface area (Å²) in [7, 11) is 3.22. The van der Waals surface area contributed by atoms with Crippen LogP contribution in [0, 0.1) is 5.92 Å². The number of methoxy groups -OCH3 is 2. The second-order valence-electron chi connectivity index (χ2n) is 6.95. The third-order valence-corrected chi connectivity index (χ3v) is 6.21. The highest BCUT2D eigenvalue weighted by atomic mass is 32.2. The van der Waals surface area contributed by atoms with E-state index in [4.69, 9.17) is 14.2 Å². The van der Waals surface area contributed by atoms with Gasteiger partial charge in [-0.2, -0.15) is 0 Å². The molecule has 9 heteroatoms. The highest BCUT2D eigenvalue weighted by Gasteiger charge is 2.31. The lowest BCUT2D eigenvalue weighted by Crippen LogP contribution is -2.54. The van der Waals surface area contributed by atoms with E-state index in [0.29, 0.717) is 19.8 Å². The molecule has 1 heterocycles. The number of amides is 3.